The molecule has 0 radical (unpaired) electrons. The molecule has 2 aromatic rings. The molecule has 0 unspecified atom stereocenters. The Hall–Kier alpha value is -1.80. The molecule has 18 heavy (non-hydrogen) atoms. The van der Waals surface area contributed by atoms with Gasteiger partial charge in [0.1, 0.15) is 5.75 Å². The number of benzene rings is 2. The zero-order chi connectivity index (χ0) is 13.1. The van der Waals surface area contributed by atoms with Crippen LogP contribution in [0.1, 0.15) is 21.5 Å². The molecule has 0 fully saturated rings. The maximum atomic E-state index is 11.0. The van der Waals surface area contributed by atoms with Crippen LogP contribution in [0.2, 0.25) is 5.02 Å². The van der Waals surface area contributed by atoms with E-state index in [0.717, 1.165) is 11.8 Å². The van der Waals surface area contributed by atoms with Gasteiger partial charge in [-0.05, 0) is 49.2 Å². The SMILES string of the molecule is Cc1ccc(Oc2c(Cl)cccc2C=O)cc1C. The van der Waals surface area contributed by atoms with Crippen LogP contribution in [-0.4, -0.2) is 6.29 Å². The number of carbonyl (C=O) groups is 1. The minimum absolute atomic E-state index is 0.400. The van der Waals surface area contributed by atoms with Crippen molar-refractivity contribution in [3.63, 3.8) is 0 Å². The summed E-state index contributed by atoms with van der Waals surface area (Å²) in [6, 6.07) is 10.9. The van der Waals surface area contributed by atoms with Crippen LogP contribution in [0.5, 0.6) is 11.5 Å². The molecular formula is C15H13ClO2. The summed E-state index contributed by atoms with van der Waals surface area (Å²) in [4.78, 5) is 11.0. The number of hydrogen-bond acceptors (Lipinski definition) is 2. The lowest BCUT2D eigenvalue weighted by Crippen LogP contribution is -1.92. The highest BCUT2D eigenvalue weighted by molar-refractivity contribution is 6.32. The molecule has 2 nitrogen and oxygen atoms in total. The van der Waals surface area contributed by atoms with Crippen molar-refractivity contribution in [3.8, 4) is 11.5 Å². The molecular weight excluding hydrogens is 248 g/mol. The molecule has 0 saturated carbocycles. The molecule has 0 bridgehead atoms. The van der Waals surface area contributed by atoms with Gasteiger partial charge in [-0.1, -0.05) is 23.7 Å². The predicted molar refractivity (Wildman–Crippen MR) is 72.8 cm³/mol. The van der Waals surface area contributed by atoms with Crippen LogP contribution < -0.4 is 4.74 Å². The van der Waals surface area contributed by atoms with E-state index in [4.69, 9.17) is 16.3 Å². The number of rotatable bonds is 3. The van der Waals surface area contributed by atoms with Gasteiger partial charge in [-0.3, -0.25) is 4.79 Å². The Bertz CT molecular complexity index is 591. The molecule has 2 aromatic carbocycles. The highest BCUT2D eigenvalue weighted by Crippen LogP contribution is 2.32. The number of carbonyl (C=O) groups excluding carboxylic acids is 1. The molecule has 0 aliphatic carbocycles. The van der Waals surface area contributed by atoms with Gasteiger partial charge in [0.15, 0.2) is 12.0 Å². The summed E-state index contributed by atoms with van der Waals surface area (Å²) in [7, 11) is 0. The molecule has 2 rings (SSSR count). The second-order valence-corrected chi connectivity index (χ2v) is 4.53. The normalized spacial score (nSPS) is 10.2. The van der Waals surface area contributed by atoms with Crippen LogP contribution in [0.3, 0.4) is 0 Å². The first kappa shape index (κ1) is 12.7. The van der Waals surface area contributed by atoms with E-state index in [9.17, 15) is 4.79 Å². The van der Waals surface area contributed by atoms with Gasteiger partial charge in [-0.25, -0.2) is 0 Å². The van der Waals surface area contributed by atoms with E-state index in [1.165, 1.54) is 5.56 Å². The monoisotopic (exact) mass is 260 g/mol. The van der Waals surface area contributed by atoms with Crippen LogP contribution in [0.15, 0.2) is 36.4 Å². The summed E-state index contributed by atoms with van der Waals surface area (Å²) in [6.45, 7) is 4.04. The topological polar surface area (TPSA) is 26.3 Å². The molecule has 0 heterocycles. The van der Waals surface area contributed by atoms with Gasteiger partial charge in [0.25, 0.3) is 0 Å². The molecule has 0 amide bonds. The van der Waals surface area contributed by atoms with Crippen molar-refractivity contribution < 1.29 is 9.53 Å². The van der Waals surface area contributed by atoms with Gasteiger partial charge in [0.2, 0.25) is 0 Å². The Kier molecular flexibility index (Phi) is 3.68. The third kappa shape index (κ3) is 2.54. The average molecular weight is 261 g/mol. The Morgan fingerprint density at radius 2 is 1.89 bits per heavy atom. The van der Waals surface area contributed by atoms with Crippen molar-refractivity contribution in [3.05, 3.63) is 58.1 Å². The molecule has 0 aliphatic rings. The first-order chi connectivity index (χ1) is 8.61. The zero-order valence-corrected chi connectivity index (χ0v) is 11.0. The summed E-state index contributed by atoms with van der Waals surface area (Å²) < 4.78 is 5.70. The van der Waals surface area contributed by atoms with Gasteiger partial charge in [-0.15, -0.1) is 0 Å². The van der Waals surface area contributed by atoms with Crippen molar-refractivity contribution in [2.24, 2.45) is 0 Å². The summed E-state index contributed by atoms with van der Waals surface area (Å²) in [5.41, 5.74) is 2.77. The molecule has 92 valence electrons. The molecule has 0 saturated heterocycles. The van der Waals surface area contributed by atoms with E-state index < -0.39 is 0 Å². The van der Waals surface area contributed by atoms with Crippen LogP contribution in [0.25, 0.3) is 0 Å². The summed E-state index contributed by atoms with van der Waals surface area (Å²) in [6.07, 6.45) is 0.738. The number of aldehydes is 1. The van der Waals surface area contributed by atoms with Gasteiger partial charge in [0.05, 0.1) is 10.6 Å². The van der Waals surface area contributed by atoms with E-state index in [1.807, 2.05) is 32.0 Å². The highest BCUT2D eigenvalue weighted by Gasteiger charge is 2.09. The molecule has 0 aromatic heterocycles. The molecule has 0 N–H and O–H groups in total. The maximum Gasteiger partial charge on any atom is 0.156 e. The van der Waals surface area contributed by atoms with Gasteiger partial charge in [0, 0.05) is 0 Å². The van der Waals surface area contributed by atoms with E-state index in [0.29, 0.717) is 22.1 Å². The number of hydrogen-bond donors (Lipinski definition) is 0. The maximum absolute atomic E-state index is 11.0. The highest BCUT2D eigenvalue weighted by atomic mass is 35.5. The van der Waals surface area contributed by atoms with Crippen molar-refractivity contribution in [1.29, 1.82) is 0 Å². The zero-order valence-electron chi connectivity index (χ0n) is 10.2. The Balaban J connectivity index is 2.39. The fourth-order valence-corrected chi connectivity index (χ4v) is 1.84. The average Bonchev–Trinajstić information content (AvgIpc) is 2.36. The van der Waals surface area contributed by atoms with E-state index in [-0.39, 0.29) is 0 Å². The van der Waals surface area contributed by atoms with E-state index >= 15 is 0 Å². The van der Waals surface area contributed by atoms with Gasteiger partial charge < -0.3 is 4.74 Å². The van der Waals surface area contributed by atoms with Gasteiger partial charge in [-0.2, -0.15) is 0 Å². The summed E-state index contributed by atoms with van der Waals surface area (Å²) in [5, 5.41) is 0.429. The van der Waals surface area contributed by atoms with Crippen molar-refractivity contribution in [2.45, 2.75) is 13.8 Å². The third-order valence-corrected chi connectivity index (χ3v) is 3.12. The van der Waals surface area contributed by atoms with E-state index in [1.54, 1.807) is 18.2 Å². The minimum Gasteiger partial charge on any atom is -0.455 e. The van der Waals surface area contributed by atoms with Crippen LogP contribution in [0.4, 0.5) is 0 Å². The lowest BCUT2D eigenvalue weighted by Gasteiger charge is -2.11. The standard InChI is InChI=1S/C15H13ClO2/c1-10-6-7-13(8-11(10)2)18-15-12(9-17)4-3-5-14(15)16/h3-9H,1-2H3. The lowest BCUT2D eigenvalue weighted by molar-refractivity contribution is 0.112. The molecule has 0 aliphatic heterocycles. The fraction of sp³-hybridized carbons (Fsp3) is 0.133. The third-order valence-electron chi connectivity index (χ3n) is 2.82. The minimum atomic E-state index is 0.400. The Morgan fingerprint density at radius 3 is 2.56 bits per heavy atom. The molecule has 3 heteroatoms. The first-order valence-corrected chi connectivity index (χ1v) is 5.98. The lowest BCUT2D eigenvalue weighted by atomic mass is 10.1. The second kappa shape index (κ2) is 5.23. The number of ether oxygens (including phenoxy) is 1. The predicted octanol–water partition coefficient (Wildman–Crippen LogP) is 4.56. The van der Waals surface area contributed by atoms with Gasteiger partial charge >= 0.3 is 0 Å². The fourth-order valence-electron chi connectivity index (χ4n) is 1.62. The second-order valence-electron chi connectivity index (χ2n) is 4.12. The summed E-state index contributed by atoms with van der Waals surface area (Å²) in [5.74, 6) is 1.08. The van der Waals surface area contributed by atoms with Crippen LogP contribution in [-0.2, 0) is 0 Å². The van der Waals surface area contributed by atoms with Crippen molar-refractivity contribution in [2.75, 3.05) is 0 Å². The number of para-hydroxylation sites is 1. The van der Waals surface area contributed by atoms with E-state index in [2.05, 4.69) is 0 Å². The molecule has 0 spiro atoms. The summed E-state index contributed by atoms with van der Waals surface area (Å²) >= 11 is 6.05. The van der Waals surface area contributed by atoms with Crippen LogP contribution >= 0.6 is 11.6 Å². The Labute approximate surface area is 111 Å². The first-order valence-electron chi connectivity index (χ1n) is 5.60. The molecule has 0 atom stereocenters. The Morgan fingerprint density at radius 1 is 1.11 bits per heavy atom. The van der Waals surface area contributed by atoms with Crippen LogP contribution in [0, 0.1) is 13.8 Å². The quantitative estimate of drug-likeness (QED) is 0.756. The van der Waals surface area contributed by atoms with Crippen molar-refractivity contribution >= 4 is 17.9 Å². The smallest absolute Gasteiger partial charge is 0.156 e. The number of halogens is 1. The number of aryl methyl sites for hydroxylation is 2. The van der Waals surface area contributed by atoms with Crippen molar-refractivity contribution in [1.82, 2.24) is 0 Å². The largest absolute Gasteiger partial charge is 0.455 e.